The molecule has 0 atom stereocenters. The number of guanidine groups is 1. The summed E-state index contributed by atoms with van der Waals surface area (Å²) in [6, 6.07) is 5.46. The average molecular weight is 516 g/mol. The summed E-state index contributed by atoms with van der Waals surface area (Å²) in [5, 5.41) is 13.1. The second kappa shape index (κ2) is 9.81. The number of aliphatic imine (C=N–C) groups is 1. The maximum Gasteiger partial charge on any atom is 0.194 e. The zero-order chi connectivity index (χ0) is 19.6. The second-order valence-electron chi connectivity index (χ2n) is 8.70. The summed E-state index contributed by atoms with van der Waals surface area (Å²) in [5.74, 6) is 0.768. The average Bonchev–Trinajstić information content (AvgIpc) is 3.12. The Balaban J connectivity index is 0.00000240. The van der Waals surface area contributed by atoms with Gasteiger partial charge in [-0.25, -0.2) is 9.38 Å². The monoisotopic (exact) mass is 516 g/mol. The summed E-state index contributed by atoms with van der Waals surface area (Å²) in [6.45, 7) is 7.01. The molecule has 5 nitrogen and oxygen atoms in total. The predicted molar refractivity (Wildman–Crippen MR) is 127 cm³/mol. The summed E-state index contributed by atoms with van der Waals surface area (Å²) < 4.78 is 14.7. The van der Waals surface area contributed by atoms with E-state index in [-0.39, 0.29) is 35.9 Å². The molecule has 0 aromatic heterocycles. The van der Waals surface area contributed by atoms with Gasteiger partial charge in [0.2, 0.25) is 0 Å². The predicted octanol–water partition coefficient (Wildman–Crippen LogP) is 3.75. The van der Waals surface area contributed by atoms with E-state index in [4.69, 9.17) is 4.99 Å². The van der Waals surface area contributed by atoms with E-state index in [0.29, 0.717) is 43.6 Å². The van der Waals surface area contributed by atoms with E-state index in [9.17, 15) is 9.50 Å². The van der Waals surface area contributed by atoms with Gasteiger partial charge < -0.3 is 20.2 Å². The van der Waals surface area contributed by atoms with Gasteiger partial charge in [0.15, 0.2) is 5.96 Å². The van der Waals surface area contributed by atoms with Gasteiger partial charge in [0.05, 0.1) is 18.3 Å². The fourth-order valence-corrected chi connectivity index (χ4v) is 4.80. The quantitative estimate of drug-likeness (QED) is 0.364. The van der Waals surface area contributed by atoms with Gasteiger partial charge in [-0.2, -0.15) is 0 Å². The van der Waals surface area contributed by atoms with Crippen molar-refractivity contribution in [3.63, 3.8) is 0 Å². The molecule has 162 valence electrons. The van der Waals surface area contributed by atoms with Crippen LogP contribution in [0, 0.1) is 11.2 Å². The number of piperidine rings is 1. The number of nitrogens with one attached hydrogen (secondary N) is 1. The van der Waals surface area contributed by atoms with E-state index in [0.717, 1.165) is 31.2 Å². The van der Waals surface area contributed by atoms with Crippen molar-refractivity contribution in [2.75, 3.05) is 37.6 Å². The van der Waals surface area contributed by atoms with Crippen molar-refractivity contribution in [3.05, 3.63) is 29.6 Å². The SMILES string of the molecule is CCNC(=NCc1ccc(N2CCC(O)CC2)c(F)c1)N1CCC2(CCC2)C1.I. The Morgan fingerprint density at radius 2 is 2.00 bits per heavy atom. The van der Waals surface area contributed by atoms with Crippen LogP contribution in [0.5, 0.6) is 0 Å². The Morgan fingerprint density at radius 3 is 2.59 bits per heavy atom. The molecule has 3 fully saturated rings. The molecular weight excluding hydrogens is 482 g/mol. The molecule has 29 heavy (non-hydrogen) atoms. The summed E-state index contributed by atoms with van der Waals surface area (Å²) in [5.41, 5.74) is 2.07. The zero-order valence-corrected chi connectivity index (χ0v) is 19.7. The highest BCUT2D eigenvalue weighted by Gasteiger charge is 2.43. The van der Waals surface area contributed by atoms with Gasteiger partial charge in [0.1, 0.15) is 5.82 Å². The van der Waals surface area contributed by atoms with Crippen molar-refractivity contribution in [2.24, 2.45) is 10.4 Å². The first kappa shape index (κ1) is 22.6. The smallest absolute Gasteiger partial charge is 0.194 e. The Bertz CT molecular complexity index is 717. The Hall–Kier alpha value is -1.09. The Morgan fingerprint density at radius 1 is 1.24 bits per heavy atom. The lowest BCUT2D eigenvalue weighted by Gasteiger charge is -2.38. The molecule has 2 saturated heterocycles. The number of likely N-dealkylation sites (tertiary alicyclic amines) is 1. The number of aliphatic hydroxyl groups is 1. The molecule has 0 bridgehead atoms. The number of anilines is 1. The minimum absolute atomic E-state index is 0. The van der Waals surface area contributed by atoms with Crippen molar-refractivity contribution in [3.8, 4) is 0 Å². The van der Waals surface area contributed by atoms with Gasteiger partial charge in [-0.15, -0.1) is 24.0 Å². The molecule has 7 heteroatoms. The molecule has 2 heterocycles. The molecule has 1 saturated carbocycles. The minimum Gasteiger partial charge on any atom is -0.393 e. The van der Waals surface area contributed by atoms with Crippen LogP contribution in [-0.4, -0.2) is 54.8 Å². The van der Waals surface area contributed by atoms with E-state index in [1.54, 1.807) is 6.07 Å². The van der Waals surface area contributed by atoms with E-state index in [1.807, 2.05) is 17.0 Å². The first-order chi connectivity index (χ1) is 13.6. The minimum atomic E-state index is -0.248. The molecule has 1 aliphatic carbocycles. The van der Waals surface area contributed by atoms with Crippen molar-refractivity contribution < 1.29 is 9.50 Å². The maximum absolute atomic E-state index is 14.7. The maximum atomic E-state index is 14.7. The molecule has 1 aromatic carbocycles. The van der Waals surface area contributed by atoms with Crippen LogP contribution in [0.4, 0.5) is 10.1 Å². The van der Waals surface area contributed by atoms with Gasteiger partial charge in [0, 0.05) is 32.7 Å². The molecule has 1 spiro atoms. The number of benzene rings is 1. The van der Waals surface area contributed by atoms with Gasteiger partial charge in [0.25, 0.3) is 0 Å². The third kappa shape index (κ3) is 5.16. The number of rotatable bonds is 4. The normalized spacial score (nSPS) is 21.8. The number of halogens is 2. The van der Waals surface area contributed by atoms with E-state index >= 15 is 0 Å². The van der Waals surface area contributed by atoms with Crippen molar-refractivity contribution in [1.29, 1.82) is 0 Å². The van der Waals surface area contributed by atoms with Crippen LogP contribution in [0.25, 0.3) is 0 Å². The molecule has 4 rings (SSSR count). The lowest BCUT2D eigenvalue weighted by atomic mass is 9.68. The van der Waals surface area contributed by atoms with E-state index in [2.05, 4.69) is 17.1 Å². The van der Waals surface area contributed by atoms with Crippen LogP contribution in [0.2, 0.25) is 0 Å². The molecule has 0 amide bonds. The Labute approximate surface area is 190 Å². The fourth-order valence-electron chi connectivity index (χ4n) is 4.80. The summed E-state index contributed by atoms with van der Waals surface area (Å²) in [7, 11) is 0. The second-order valence-corrected chi connectivity index (χ2v) is 8.70. The summed E-state index contributed by atoms with van der Waals surface area (Å²) >= 11 is 0. The number of nitrogens with zero attached hydrogens (tertiary/aromatic N) is 3. The third-order valence-electron chi connectivity index (χ3n) is 6.72. The van der Waals surface area contributed by atoms with Crippen LogP contribution in [-0.2, 0) is 6.54 Å². The largest absolute Gasteiger partial charge is 0.393 e. The van der Waals surface area contributed by atoms with Crippen LogP contribution < -0.4 is 10.2 Å². The molecule has 3 aliphatic rings. The van der Waals surface area contributed by atoms with Gasteiger partial charge in [-0.05, 0) is 62.1 Å². The molecule has 2 N–H and O–H groups in total. The molecule has 0 radical (unpaired) electrons. The fraction of sp³-hybridized carbons (Fsp3) is 0.682. The van der Waals surface area contributed by atoms with Gasteiger partial charge in [-0.3, -0.25) is 0 Å². The first-order valence-electron chi connectivity index (χ1n) is 10.8. The number of hydrogen-bond acceptors (Lipinski definition) is 3. The highest BCUT2D eigenvalue weighted by molar-refractivity contribution is 14.0. The molecular formula is C22H34FIN4O. The number of hydrogen-bond donors (Lipinski definition) is 2. The van der Waals surface area contributed by atoms with Crippen LogP contribution in [0.1, 0.15) is 51.0 Å². The summed E-state index contributed by atoms with van der Waals surface area (Å²) in [4.78, 5) is 9.21. The topological polar surface area (TPSA) is 51.1 Å². The molecule has 0 unspecified atom stereocenters. The first-order valence-corrected chi connectivity index (χ1v) is 10.8. The lowest BCUT2D eigenvalue weighted by molar-refractivity contribution is 0.145. The zero-order valence-electron chi connectivity index (χ0n) is 17.4. The highest BCUT2D eigenvalue weighted by Crippen LogP contribution is 2.47. The highest BCUT2D eigenvalue weighted by atomic mass is 127. The lowest BCUT2D eigenvalue weighted by Crippen LogP contribution is -2.42. The van der Waals surface area contributed by atoms with Gasteiger partial charge >= 0.3 is 0 Å². The van der Waals surface area contributed by atoms with Crippen molar-refractivity contribution in [2.45, 2.75) is 58.1 Å². The molecule has 2 aliphatic heterocycles. The summed E-state index contributed by atoms with van der Waals surface area (Å²) in [6.07, 6.45) is 6.49. The van der Waals surface area contributed by atoms with Crippen molar-refractivity contribution >= 4 is 35.6 Å². The van der Waals surface area contributed by atoms with Crippen LogP contribution in [0.3, 0.4) is 0 Å². The Kier molecular flexibility index (Phi) is 7.64. The van der Waals surface area contributed by atoms with Gasteiger partial charge in [-0.1, -0.05) is 12.5 Å². The van der Waals surface area contributed by atoms with Crippen LogP contribution in [0.15, 0.2) is 23.2 Å². The standard InChI is InChI=1S/C22H33FN4O.HI/c1-2-24-21(27-13-10-22(16-27)8-3-9-22)25-15-17-4-5-20(19(23)14-17)26-11-6-18(28)7-12-26;/h4-5,14,18,28H,2-3,6-13,15-16H2,1H3,(H,24,25);1H. The number of aliphatic hydroxyl groups excluding tert-OH is 1. The third-order valence-corrected chi connectivity index (χ3v) is 6.72. The molecule has 1 aromatic rings. The van der Waals surface area contributed by atoms with Crippen LogP contribution >= 0.6 is 24.0 Å². The van der Waals surface area contributed by atoms with Crippen molar-refractivity contribution in [1.82, 2.24) is 10.2 Å². The van der Waals surface area contributed by atoms with E-state index in [1.165, 1.54) is 25.7 Å². The van der Waals surface area contributed by atoms with E-state index < -0.39 is 0 Å².